The lowest BCUT2D eigenvalue weighted by Crippen LogP contribution is -2.15. The molecule has 0 radical (unpaired) electrons. The monoisotopic (exact) mass is 299 g/mol. The number of aliphatic hydroxyl groups excluding tert-OH is 1. The highest BCUT2D eigenvalue weighted by molar-refractivity contribution is 7.92. The van der Waals surface area contributed by atoms with E-state index in [2.05, 4.69) is 9.82 Å². The van der Waals surface area contributed by atoms with Crippen molar-refractivity contribution in [1.29, 1.82) is 0 Å². The summed E-state index contributed by atoms with van der Waals surface area (Å²) in [6.45, 7) is 4.48. The van der Waals surface area contributed by atoms with Crippen molar-refractivity contribution in [2.75, 3.05) is 4.72 Å². The lowest BCUT2D eigenvalue weighted by atomic mass is 10.2. The Hall–Kier alpha value is -1.80. The molecule has 2 N–H and O–H groups in total. The fourth-order valence-corrected chi connectivity index (χ4v) is 3.68. The van der Waals surface area contributed by atoms with Gasteiger partial charge in [0.2, 0.25) is 0 Å². The predicted octanol–water partition coefficient (Wildman–Crippen LogP) is 1.23. The third-order valence-electron chi connectivity index (χ3n) is 3.01. The first-order chi connectivity index (χ1) is 9.26. The standard InChI is InChI=1S/C12H17N3O4S/c1-7-11(5-15(4)13-7)14-20(17,18)12-9(3)19-8(2)10(12)6-16/h5,14,16H,6H2,1-4H3. The van der Waals surface area contributed by atoms with E-state index in [-0.39, 0.29) is 16.2 Å². The van der Waals surface area contributed by atoms with E-state index in [4.69, 9.17) is 4.42 Å². The lowest BCUT2D eigenvalue weighted by molar-refractivity contribution is 0.276. The van der Waals surface area contributed by atoms with E-state index in [1.165, 1.54) is 4.68 Å². The molecule has 0 atom stereocenters. The summed E-state index contributed by atoms with van der Waals surface area (Å²) in [4.78, 5) is -0.0132. The second-order valence-corrected chi connectivity index (χ2v) is 6.21. The molecule has 0 saturated heterocycles. The predicted molar refractivity (Wildman–Crippen MR) is 72.9 cm³/mol. The van der Waals surface area contributed by atoms with Gasteiger partial charge in [0, 0.05) is 18.8 Å². The SMILES string of the molecule is Cc1nn(C)cc1NS(=O)(=O)c1c(C)oc(C)c1CO. The molecule has 2 heterocycles. The molecule has 2 aromatic rings. The summed E-state index contributed by atoms with van der Waals surface area (Å²) in [6.07, 6.45) is 1.58. The van der Waals surface area contributed by atoms with Crippen molar-refractivity contribution in [3.8, 4) is 0 Å². The Morgan fingerprint density at radius 3 is 2.50 bits per heavy atom. The molecule has 0 saturated carbocycles. The van der Waals surface area contributed by atoms with Gasteiger partial charge in [-0.1, -0.05) is 0 Å². The molecule has 8 heteroatoms. The smallest absolute Gasteiger partial charge is 0.265 e. The Morgan fingerprint density at radius 2 is 2.00 bits per heavy atom. The van der Waals surface area contributed by atoms with Crippen molar-refractivity contribution in [2.24, 2.45) is 7.05 Å². The highest BCUT2D eigenvalue weighted by atomic mass is 32.2. The van der Waals surface area contributed by atoms with E-state index in [1.807, 2.05) is 0 Å². The van der Waals surface area contributed by atoms with Crippen LogP contribution < -0.4 is 4.72 Å². The minimum Gasteiger partial charge on any atom is -0.465 e. The van der Waals surface area contributed by atoms with Gasteiger partial charge < -0.3 is 9.52 Å². The Balaban J connectivity index is 2.49. The van der Waals surface area contributed by atoms with Crippen LogP contribution in [0.2, 0.25) is 0 Å². The zero-order valence-corrected chi connectivity index (χ0v) is 12.6. The molecule has 20 heavy (non-hydrogen) atoms. The van der Waals surface area contributed by atoms with Gasteiger partial charge >= 0.3 is 0 Å². The maximum absolute atomic E-state index is 12.5. The minimum atomic E-state index is -3.83. The number of aliphatic hydroxyl groups is 1. The number of hydrogen-bond acceptors (Lipinski definition) is 5. The Kier molecular flexibility index (Phi) is 3.61. The van der Waals surface area contributed by atoms with Crippen LogP contribution >= 0.6 is 0 Å². The van der Waals surface area contributed by atoms with Crippen molar-refractivity contribution in [2.45, 2.75) is 32.3 Å². The van der Waals surface area contributed by atoms with Gasteiger partial charge in [-0.3, -0.25) is 9.40 Å². The molecule has 2 aromatic heterocycles. The number of aryl methyl sites for hydroxylation is 4. The van der Waals surface area contributed by atoms with Crippen LogP contribution in [0.25, 0.3) is 0 Å². The van der Waals surface area contributed by atoms with Gasteiger partial charge in [0.1, 0.15) is 16.4 Å². The number of sulfonamides is 1. The maximum atomic E-state index is 12.5. The van der Waals surface area contributed by atoms with E-state index >= 15 is 0 Å². The van der Waals surface area contributed by atoms with Crippen LogP contribution in [0.1, 0.15) is 22.8 Å². The lowest BCUT2D eigenvalue weighted by Gasteiger charge is -2.07. The van der Waals surface area contributed by atoms with Crippen molar-refractivity contribution >= 4 is 15.7 Å². The average Bonchev–Trinajstić information content (AvgIpc) is 2.78. The number of hydrogen-bond donors (Lipinski definition) is 2. The van der Waals surface area contributed by atoms with Crippen LogP contribution in [-0.2, 0) is 23.7 Å². The number of furan rings is 1. The molecule has 0 aliphatic carbocycles. The van der Waals surface area contributed by atoms with E-state index < -0.39 is 16.6 Å². The van der Waals surface area contributed by atoms with Crippen LogP contribution in [-0.4, -0.2) is 23.3 Å². The van der Waals surface area contributed by atoms with Crippen LogP contribution in [0, 0.1) is 20.8 Å². The van der Waals surface area contributed by atoms with Crippen LogP contribution in [0.15, 0.2) is 15.5 Å². The van der Waals surface area contributed by atoms with Crippen LogP contribution in [0.3, 0.4) is 0 Å². The van der Waals surface area contributed by atoms with Crippen LogP contribution in [0.4, 0.5) is 5.69 Å². The van der Waals surface area contributed by atoms with E-state index in [9.17, 15) is 13.5 Å². The first-order valence-corrected chi connectivity index (χ1v) is 7.47. The molecule has 2 rings (SSSR count). The van der Waals surface area contributed by atoms with E-state index in [1.54, 1.807) is 34.0 Å². The molecule has 0 fully saturated rings. The topological polar surface area (TPSA) is 97.4 Å². The summed E-state index contributed by atoms with van der Waals surface area (Å²) >= 11 is 0. The van der Waals surface area contributed by atoms with Gasteiger partial charge in [-0.25, -0.2) is 8.42 Å². The summed E-state index contributed by atoms with van der Waals surface area (Å²) in [7, 11) is -2.13. The molecule has 110 valence electrons. The third-order valence-corrected chi connectivity index (χ3v) is 4.57. The molecule has 0 spiro atoms. The van der Waals surface area contributed by atoms with Gasteiger partial charge in [-0.2, -0.15) is 5.10 Å². The average molecular weight is 299 g/mol. The van der Waals surface area contributed by atoms with Gasteiger partial charge in [-0.15, -0.1) is 0 Å². The molecule has 0 aliphatic heterocycles. The normalized spacial score (nSPS) is 11.8. The summed E-state index contributed by atoms with van der Waals surface area (Å²) in [5.74, 6) is 0.647. The molecular formula is C12H17N3O4S. The highest BCUT2D eigenvalue weighted by Crippen LogP contribution is 2.28. The van der Waals surface area contributed by atoms with Crippen molar-refractivity contribution in [1.82, 2.24) is 9.78 Å². The molecule has 0 bridgehead atoms. The van der Waals surface area contributed by atoms with Crippen molar-refractivity contribution < 1.29 is 17.9 Å². The third kappa shape index (κ3) is 2.44. The highest BCUT2D eigenvalue weighted by Gasteiger charge is 2.27. The number of aromatic nitrogens is 2. The van der Waals surface area contributed by atoms with Crippen molar-refractivity contribution in [3.05, 3.63) is 29.0 Å². The first-order valence-electron chi connectivity index (χ1n) is 5.99. The Bertz CT molecular complexity index is 743. The van der Waals surface area contributed by atoms with Crippen molar-refractivity contribution in [3.63, 3.8) is 0 Å². The van der Waals surface area contributed by atoms with Gasteiger partial charge in [-0.05, 0) is 20.8 Å². The van der Waals surface area contributed by atoms with Gasteiger partial charge in [0.25, 0.3) is 10.0 Å². The van der Waals surface area contributed by atoms with Gasteiger partial charge in [0.15, 0.2) is 0 Å². The molecule has 0 aliphatic rings. The summed E-state index contributed by atoms with van der Waals surface area (Å²) in [5.41, 5.74) is 1.24. The molecule has 0 amide bonds. The summed E-state index contributed by atoms with van der Waals surface area (Å²) < 4.78 is 34.2. The minimum absolute atomic E-state index is 0.0132. The fourth-order valence-electron chi connectivity index (χ4n) is 2.14. The molecule has 0 unspecified atom stereocenters. The van der Waals surface area contributed by atoms with E-state index in [0.717, 1.165) is 0 Å². The zero-order valence-electron chi connectivity index (χ0n) is 11.8. The summed E-state index contributed by atoms with van der Waals surface area (Å²) in [5, 5.41) is 13.4. The second kappa shape index (κ2) is 4.95. The Morgan fingerprint density at radius 1 is 1.35 bits per heavy atom. The maximum Gasteiger partial charge on any atom is 0.265 e. The molecule has 7 nitrogen and oxygen atoms in total. The Labute approximate surface area is 117 Å². The fraction of sp³-hybridized carbons (Fsp3) is 0.417. The number of anilines is 1. The number of nitrogens with one attached hydrogen (secondary N) is 1. The van der Waals surface area contributed by atoms with Crippen LogP contribution in [0.5, 0.6) is 0 Å². The quantitative estimate of drug-likeness (QED) is 0.885. The van der Waals surface area contributed by atoms with Gasteiger partial charge in [0.05, 0.1) is 18.0 Å². The number of rotatable bonds is 4. The second-order valence-electron chi connectivity index (χ2n) is 4.59. The van der Waals surface area contributed by atoms with E-state index in [0.29, 0.717) is 17.1 Å². The molecular weight excluding hydrogens is 282 g/mol. The molecule has 0 aromatic carbocycles. The first kappa shape index (κ1) is 14.6. The number of nitrogens with zero attached hydrogens (tertiary/aromatic N) is 2. The largest absolute Gasteiger partial charge is 0.465 e. The zero-order chi connectivity index (χ0) is 15.1. The summed E-state index contributed by atoms with van der Waals surface area (Å²) in [6, 6.07) is 0.